The predicted molar refractivity (Wildman–Crippen MR) is 67.0 cm³/mol. The van der Waals surface area contributed by atoms with Crippen LogP contribution in [0.15, 0.2) is 0 Å². The molecule has 3 N–H and O–H groups in total. The minimum atomic E-state index is -0.180. The van der Waals surface area contributed by atoms with Crippen LogP contribution in [-0.4, -0.2) is 19.0 Å². The maximum atomic E-state index is 10.5. The molecule has 0 heterocycles. The fourth-order valence-corrected chi connectivity index (χ4v) is 2.60. The van der Waals surface area contributed by atoms with Crippen LogP contribution in [0.1, 0.15) is 51.9 Å². The number of amides is 1. The van der Waals surface area contributed by atoms with Crippen LogP contribution in [0.4, 0.5) is 0 Å². The number of primary amides is 1. The van der Waals surface area contributed by atoms with Crippen molar-refractivity contribution in [2.75, 3.05) is 13.1 Å². The summed E-state index contributed by atoms with van der Waals surface area (Å²) in [6.07, 6.45) is 8.09. The van der Waals surface area contributed by atoms with Crippen LogP contribution in [0, 0.1) is 11.8 Å². The average molecular weight is 226 g/mol. The van der Waals surface area contributed by atoms with Gasteiger partial charge in [0.25, 0.3) is 0 Å². The van der Waals surface area contributed by atoms with Gasteiger partial charge in [0.05, 0.1) is 0 Å². The number of nitrogens with one attached hydrogen (secondary N) is 1. The van der Waals surface area contributed by atoms with E-state index in [9.17, 15) is 4.79 Å². The van der Waals surface area contributed by atoms with E-state index in [1.54, 1.807) is 0 Å². The topological polar surface area (TPSA) is 55.1 Å². The molecule has 1 aliphatic carbocycles. The summed E-state index contributed by atoms with van der Waals surface area (Å²) in [6, 6.07) is 0. The summed E-state index contributed by atoms with van der Waals surface area (Å²) in [6.45, 7) is 4.54. The Morgan fingerprint density at radius 1 is 1.38 bits per heavy atom. The molecular formula is C13H26N2O. The highest BCUT2D eigenvalue weighted by Gasteiger charge is 2.17. The SMILES string of the molecule is CC1CCCC(CNCCCCC(N)=O)C1. The summed E-state index contributed by atoms with van der Waals surface area (Å²) in [5.74, 6) is 1.61. The van der Waals surface area contributed by atoms with Crippen molar-refractivity contribution < 1.29 is 4.79 Å². The molecule has 3 nitrogen and oxygen atoms in total. The van der Waals surface area contributed by atoms with E-state index in [4.69, 9.17) is 5.73 Å². The molecule has 0 aromatic carbocycles. The molecule has 16 heavy (non-hydrogen) atoms. The van der Waals surface area contributed by atoms with Gasteiger partial charge in [-0.2, -0.15) is 0 Å². The van der Waals surface area contributed by atoms with Gasteiger partial charge in [0.15, 0.2) is 0 Å². The first-order chi connectivity index (χ1) is 7.68. The van der Waals surface area contributed by atoms with Gasteiger partial charge in [-0.15, -0.1) is 0 Å². The standard InChI is InChI=1S/C13H26N2O/c1-11-5-4-6-12(9-11)10-15-8-3-2-7-13(14)16/h11-12,15H,2-10H2,1H3,(H2,14,16). The van der Waals surface area contributed by atoms with Gasteiger partial charge in [-0.25, -0.2) is 0 Å². The maximum Gasteiger partial charge on any atom is 0.217 e. The summed E-state index contributed by atoms with van der Waals surface area (Å²) in [4.78, 5) is 10.5. The number of nitrogens with two attached hydrogens (primary N) is 1. The van der Waals surface area contributed by atoms with E-state index in [2.05, 4.69) is 12.2 Å². The molecule has 0 spiro atoms. The van der Waals surface area contributed by atoms with E-state index < -0.39 is 0 Å². The predicted octanol–water partition coefficient (Wildman–Crippen LogP) is 2.06. The number of hydrogen-bond acceptors (Lipinski definition) is 2. The highest BCUT2D eigenvalue weighted by atomic mass is 16.1. The first kappa shape index (κ1) is 13.5. The second-order valence-electron chi connectivity index (χ2n) is 5.27. The van der Waals surface area contributed by atoms with Gasteiger partial charge >= 0.3 is 0 Å². The zero-order chi connectivity index (χ0) is 11.8. The smallest absolute Gasteiger partial charge is 0.217 e. The Balaban J connectivity index is 1.92. The zero-order valence-corrected chi connectivity index (χ0v) is 10.5. The van der Waals surface area contributed by atoms with E-state index in [-0.39, 0.29) is 5.91 Å². The second-order valence-corrected chi connectivity index (χ2v) is 5.27. The first-order valence-corrected chi connectivity index (χ1v) is 6.67. The number of unbranched alkanes of at least 4 members (excludes halogenated alkanes) is 1. The Morgan fingerprint density at radius 3 is 2.88 bits per heavy atom. The molecule has 2 atom stereocenters. The molecule has 0 aromatic rings. The Hall–Kier alpha value is -0.570. The Kier molecular flexibility index (Phi) is 6.46. The van der Waals surface area contributed by atoms with Gasteiger partial charge < -0.3 is 11.1 Å². The maximum absolute atomic E-state index is 10.5. The molecule has 1 fully saturated rings. The van der Waals surface area contributed by atoms with Crippen molar-refractivity contribution in [2.24, 2.45) is 17.6 Å². The van der Waals surface area contributed by atoms with Crippen LogP contribution >= 0.6 is 0 Å². The summed E-state index contributed by atoms with van der Waals surface area (Å²) in [5, 5.41) is 3.50. The van der Waals surface area contributed by atoms with E-state index in [0.717, 1.165) is 37.8 Å². The average Bonchev–Trinajstić information content (AvgIpc) is 2.23. The quantitative estimate of drug-likeness (QED) is 0.653. The van der Waals surface area contributed by atoms with Crippen molar-refractivity contribution in [1.82, 2.24) is 5.32 Å². The van der Waals surface area contributed by atoms with Crippen molar-refractivity contribution in [3.63, 3.8) is 0 Å². The fraction of sp³-hybridized carbons (Fsp3) is 0.923. The minimum absolute atomic E-state index is 0.180. The second kappa shape index (κ2) is 7.66. The fourth-order valence-electron chi connectivity index (χ4n) is 2.60. The van der Waals surface area contributed by atoms with Crippen molar-refractivity contribution >= 4 is 5.91 Å². The van der Waals surface area contributed by atoms with E-state index in [0.29, 0.717) is 6.42 Å². The molecule has 2 unspecified atom stereocenters. The zero-order valence-electron chi connectivity index (χ0n) is 10.5. The van der Waals surface area contributed by atoms with Gasteiger partial charge in [0.2, 0.25) is 5.91 Å². The first-order valence-electron chi connectivity index (χ1n) is 6.67. The number of carbonyl (C=O) groups is 1. The van der Waals surface area contributed by atoms with E-state index in [1.807, 2.05) is 0 Å². The monoisotopic (exact) mass is 226 g/mol. The Morgan fingerprint density at radius 2 is 2.19 bits per heavy atom. The third kappa shape index (κ3) is 6.11. The summed E-state index contributed by atoms with van der Waals surface area (Å²) >= 11 is 0. The Bertz CT molecular complexity index is 206. The number of hydrogen-bond donors (Lipinski definition) is 2. The van der Waals surface area contributed by atoms with E-state index in [1.165, 1.54) is 25.7 Å². The number of carbonyl (C=O) groups excluding carboxylic acids is 1. The van der Waals surface area contributed by atoms with Crippen LogP contribution in [0.25, 0.3) is 0 Å². The largest absolute Gasteiger partial charge is 0.370 e. The molecule has 3 heteroatoms. The van der Waals surface area contributed by atoms with Crippen LogP contribution in [0.2, 0.25) is 0 Å². The van der Waals surface area contributed by atoms with Crippen molar-refractivity contribution in [3.8, 4) is 0 Å². The van der Waals surface area contributed by atoms with Crippen LogP contribution in [-0.2, 0) is 4.79 Å². The Labute approximate surface area is 99.2 Å². The molecule has 0 aromatic heterocycles. The molecule has 0 bridgehead atoms. The minimum Gasteiger partial charge on any atom is -0.370 e. The molecule has 0 radical (unpaired) electrons. The van der Waals surface area contributed by atoms with Crippen molar-refractivity contribution in [1.29, 1.82) is 0 Å². The van der Waals surface area contributed by atoms with Gasteiger partial charge in [-0.3, -0.25) is 4.79 Å². The molecule has 94 valence electrons. The highest BCUT2D eigenvalue weighted by Crippen LogP contribution is 2.27. The summed E-state index contributed by atoms with van der Waals surface area (Å²) < 4.78 is 0. The van der Waals surface area contributed by atoms with Gasteiger partial charge in [-0.1, -0.05) is 19.8 Å². The highest BCUT2D eigenvalue weighted by molar-refractivity contribution is 5.73. The third-order valence-electron chi connectivity index (χ3n) is 3.50. The molecule has 1 saturated carbocycles. The number of rotatable bonds is 7. The lowest BCUT2D eigenvalue weighted by molar-refractivity contribution is -0.118. The van der Waals surface area contributed by atoms with Crippen LogP contribution in [0.3, 0.4) is 0 Å². The third-order valence-corrected chi connectivity index (χ3v) is 3.50. The molecule has 0 aliphatic heterocycles. The molecule has 1 aliphatic rings. The van der Waals surface area contributed by atoms with Crippen molar-refractivity contribution in [2.45, 2.75) is 51.9 Å². The lowest BCUT2D eigenvalue weighted by Gasteiger charge is -2.26. The molecule has 1 rings (SSSR count). The van der Waals surface area contributed by atoms with E-state index >= 15 is 0 Å². The van der Waals surface area contributed by atoms with Gasteiger partial charge in [-0.05, 0) is 50.6 Å². The summed E-state index contributed by atoms with van der Waals surface area (Å²) in [7, 11) is 0. The normalized spacial score (nSPS) is 25.6. The molecule has 1 amide bonds. The van der Waals surface area contributed by atoms with Crippen LogP contribution in [0.5, 0.6) is 0 Å². The van der Waals surface area contributed by atoms with Crippen molar-refractivity contribution in [3.05, 3.63) is 0 Å². The summed E-state index contributed by atoms with van der Waals surface area (Å²) in [5.41, 5.74) is 5.08. The molecular weight excluding hydrogens is 200 g/mol. The van der Waals surface area contributed by atoms with Gasteiger partial charge in [0, 0.05) is 6.42 Å². The lowest BCUT2D eigenvalue weighted by Crippen LogP contribution is -2.27. The van der Waals surface area contributed by atoms with Crippen LogP contribution < -0.4 is 11.1 Å². The molecule has 0 saturated heterocycles. The van der Waals surface area contributed by atoms with Gasteiger partial charge in [0.1, 0.15) is 0 Å². The lowest BCUT2D eigenvalue weighted by atomic mass is 9.82.